The minimum Gasteiger partial charge on any atom is -0.324 e. The monoisotopic (exact) mass is 318 g/mol. The summed E-state index contributed by atoms with van der Waals surface area (Å²) in [6.07, 6.45) is 0.954. The number of carbonyl (C=O) groups excluding carboxylic acids is 1. The molecule has 10 heteroatoms. The van der Waals surface area contributed by atoms with Crippen LogP contribution >= 0.6 is 0 Å². The second-order valence-electron chi connectivity index (χ2n) is 4.47. The Kier molecular flexibility index (Phi) is 4.45. The highest BCUT2D eigenvalue weighted by atomic mass is 16.6. The van der Waals surface area contributed by atoms with Crippen LogP contribution in [-0.4, -0.2) is 20.3 Å². The number of hydrogen-bond donors (Lipinski definition) is 1. The number of hydrogen-bond acceptors (Lipinski definition) is 6. The van der Waals surface area contributed by atoms with Crippen molar-refractivity contribution in [1.82, 2.24) is 4.57 Å². The second-order valence-corrected chi connectivity index (χ2v) is 4.47. The highest BCUT2D eigenvalue weighted by molar-refractivity contribution is 5.90. The first-order chi connectivity index (χ1) is 10.9. The third kappa shape index (κ3) is 3.97. The Morgan fingerprint density at radius 3 is 2.43 bits per heavy atom. The standard InChI is InChI=1S/C13H10N4O6/c18-12(14-9-2-1-3-10(6-9)16(20)21)8-15-7-11(17(22)23)4-5-13(15)19/h1-7H,8H2,(H,14,18). The second kappa shape index (κ2) is 6.47. The number of rotatable bonds is 5. The van der Waals surface area contributed by atoms with E-state index in [0.717, 1.165) is 29.0 Å². The lowest BCUT2D eigenvalue weighted by Crippen LogP contribution is -2.26. The van der Waals surface area contributed by atoms with Gasteiger partial charge in [-0.15, -0.1) is 0 Å². The van der Waals surface area contributed by atoms with Gasteiger partial charge in [0.05, 0.1) is 16.0 Å². The molecule has 10 nitrogen and oxygen atoms in total. The molecule has 23 heavy (non-hydrogen) atoms. The molecule has 118 valence electrons. The lowest BCUT2D eigenvalue weighted by Gasteiger charge is -2.07. The summed E-state index contributed by atoms with van der Waals surface area (Å²) < 4.78 is 0.880. The normalized spacial score (nSPS) is 10.1. The molecule has 0 aliphatic heterocycles. The fraction of sp³-hybridized carbons (Fsp3) is 0.0769. The molecule has 0 aliphatic rings. The molecule has 0 fully saturated rings. The van der Waals surface area contributed by atoms with E-state index in [1.165, 1.54) is 18.2 Å². The average Bonchev–Trinajstić information content (AvgIpc) is 2.49. The number of non-ortho nitro benzene ring substituents is 1. The molecule has 0 radical (unpaired) electrons. The van der Waals surface area contributed by atoms with E-state index in [9.17, 15) is 29.8 Å². The van der Waals surface area contributed by atoms with Crippen LogP contribution in [0.1, 0.15) is 0 Å². The molecule has 1 aromatic carbocycles. The van der Waals surface area contributed by atoms with Gasteiger partial charge in [0.1, 0.15) is 6.54 Å². The zero-order chi connectivity index (χ0) is 17.0. The summed E-state index contributed by atoms with van der Waals surface area (Å²) in [7, 11) is 0. The molecule has 0 bridgehead atoms. The molecule has 0 atom stereocenters. The smallest absolute Gasteiger partial charge is 0.285 e. The Balaban J connectivity index is 2.15. The lowest BCUT2D eigenvalue weighted by molar-refractivity contribution is -0.385. The Labute approximate surface area is 128 Å². The Hall–Kier alpha value is -3.56. The van der Waals surface area contributed by atoms with Crippen molar-refractivity contribution in [3.05, 3.63) is 73.2 Å². The molecule has 1 heterocycles. The third-order valence-electron chi connectivity index (χ3n) is 2.83. The van der Waals surface area contributed by atoms with Gasteiger partial charge in [-0.1, -0.05) is 6.07 Å². The topological polar surface area (TPSA) is 137 Å². The number of nitro benzene ring substituents is 1. The van der Waals surface area contributed by atoms with E-state index in [1.807, 2.05) is 0 Å². The number of aromatic nitrogens is 1. The molecule has 2 rings (SSSR count). The Morgan fingerprint density at radius 1 is 1.09 bits per heavy atom. The lowest BCUT2D eigenvalue weighted by atomic mass is 10.3. The van der Waals surface area contributed by atoms with E-state index in [-0.39, 0.29) is 17.1 Å². The summed E-state index contributed by atoms with van der Waals surface area (Å²) in [4.78, 5) is 43.5. The zero-order valence-corrected chi connectivity index (χ0v) is 11.5. The number of nitrogens with one attached hydrogen (secondary N) is 1. The maximum atomic E-state index is 11.9. The SMILES string of the molecule is O=C(Cn1cc([N+](=O)[O-])ccc1=O)Nc1cccc([N+](=O)[O-])c1. The molecular weight excluding hydrogens is 308 g/mol. The van der Waals surface area contributed by atoms with Crippen LogP contribution in [0.4, 0.5) is 17.1 Å². The minimum absolute atomic E-state index is 0.183. The number of carbonyl (C=O) groups is 1. The van der Waals surface area contributed by atoms with Crippen LogP contribution in [0.5, 0.6) is 0 Å². The van der Waals surface area contributed by atoms with Gasteiger partial charge in [-0.3, -0.25) is 34.4 Å². The predicted octanol–water partition coefficient (Wildman–Crippen LogP) is 1.30. The fourth-order valence-electron chi connectivity index (χ4n) is 1.80. The molecule has 1 N–H and O–H groups in total. The van der Waals surface area contributed by atoms with Gasteiger partial charge in [-0.25, -0.2) is 0 Å². The van der Waals surface area contributed by atoms with E-state index < -0.39 is 27.9 Å². The molecule has 0 unspecified atom stereocenters. The van der Waals surface area contributed by atoms with Crippen molar-refractivity contribution >= 4 is 23.0 Å². The van der Waals surface area contributed by atoms with Gasteiger partial charge in [-0.05, 0) is 6.07 Å². The summed E-state index contributed by atoms with van der Waals surface area (Å²) in [6.45, 7) is -0.455. The first kappa shape index (κ1) is 15.8. The van der Waals surface area contributed by atoms with Crippen LogP contribution in [0.25, 0.3) is 0 Å². The summed E-state index contributed by atoms with van der Waals surface area (Å²) in [5, 5.41) is 23.7. The van der Waals surface area contributed by atoms with Crippen LogP contribution < -0.4 is 10.9 Å². The van der Waals surface area contributed by atoms with Gasteiger partial charge in [0, 0.05) is 30.0 Å². The fourth-order valence-corrected chi connectivity index (χ4v) is 1.80. The molecule has 2 aromatic rings. The number of nitrogens with zero attached hydrogens (tertiary/aromatic N) is 3. The molecule has 0 aliphatic carbocycles. The molecule has 0 saturated heterocycles. The number of amides is 1. The average molecular weight is 318 g/mol. The van der Waals surface area contributed by atoms with Crippen LogP contribution in [-0.2, 0) is 11.3 Å². The van der Waals surface area contributed by atoms with Crippen molar-refractivity contribution in [2.45, 2.75) is 6.54 Å². The molecule has 0 saturated carbocycles. The van der Waals surface area contributed by atoms with Crippen LogP contribution in [0.2, 0.25) is 0 Å². The first-order valence-corrected chi connectivity index (χ1v) is 6.26. The highest BCUT2D eigenvalue weighted by Gasteiger charge is 2.12. The van der Waals surface area contributed by atoms with E-state index in [2.05, 4.69) is 5.32 Å². The van der Waals surface area contributed by atoms with Crippen molar-refractivity contribution in [2.75, 3.05) is 5.32 Å². The summed E-state index contributed by atoms with van der Waals surface area (Å²) >= 11 is 0. The number of pyridine rings is 1. The zero-order valence-electron chi connectivity index (χ0n) is 11.5. The van der Waals surface area contributed by atoms with E-state index in [4.69, 9.17) is 0 Å². The van der Waals surface area contributed by atoms with Crippen molar-refractivity contribution in [2.24, 2.45) is 0 Å². The van der Waals surface area contributed by atoms with Gasteiger partial charge in [0.2, 0.25) is 5.91 Å². The van der Waals surface area contributed by atoms with E-state index >= 15 is 0 Å². The van der Waals surface area contributed by atoms with E-state index in [0.29, 0.717) is 0 Å². The molecular formula is C13H10N4O6. The van der Waals surface area contributed by atoms with Gasteiger partial charge in [-0.2, -0.15) is 0 Å². The molecule has 1 aromatic heterocycles. The van der Waals surface area contributed by atoms with Crippen LogP contribution in [0.15, 0.2) is 47.4 Å². The maximum Gasteiger partial charge on any atom is 0.285 e. The van der Waals surface area contributed by atoms with Crippen molar-refractivity contribution in [1.29, 1.82) is 0 Å². The van der Waals surface area contributed by atoms with Crippen LogP contribution in [0, 0.1) is 20.2 Å². The van der Waals surface area contributed by atoms with Crippen molar-refractivity contribution < 1.29 is 14.6 Å². The highest BCUT2D eigenvalue weighted by Crippen LogP contribution is 2.17. The first-order valence-electron chi connectivity index (χ1n) is 6.26. The Morgan fingerprint density at radius 2 is 1.78 bits per heavy atom. The largest absolute Gasteiger partial charge is 0.324 e. The summed E-state index contributed by atoms with van der Waals surface area (Å²) in [5.41, 5.74) is -0.921. The molecule has 1 amide bonds. The summed E-state index contributed by atoms with van der Waals surface area (Å²) in [5.74, 6) is -0.645. The van der Waals surface area contributed by atoms with Gasteiger partial charge >= 0.3 is 0 Å². The quantitative estimate of drug-likeness (QED) is 0.651. The predicted molar refractivity (Wildman–Crippen MR) is 79.1 cm³/mol. The van der Waals surface area contributed by atoms with Crippen LogP contribution in [0.3, 0.4) is 0 Å². The van der Waals surface area contributed by atoms with Gasteiger partial charge < -0.3 is 5.32 Å². The molecule has 0 spiro atoms. The van der Waals surface area contributed by atoms with Crippen molar-refractivity contribution in [3.63, 3.8) is 0 Å². The van der Waals surface area contributed by atoms with Gasteiger partial charge in [0.25, 0.3) is 16.9 Å². The third-order valence-corrected chi connectivity index (χ3v) is 2.83. The minimum atomic E-state index is -0.686. The summed E-state index contributed by atoms with van der Waals surface area (Å²) in [6, 6.07) is 7.29. The number of nitro groups is 2. The number of benzene rings is 1. The van der Waals surface area contributed by atoms with Gasteiger partial charge in [0.15, 0.2) is 0 Å². The Bertz CT molecular complexity index is 844. The maximum absolute atomic E-state index is 11.9. The van der Waals surface area contributed by atoms with E-state index in [1.54, 1.807) is 0 Å². The van der Waals surface area contributed by atoms with Crippen molar-refractivity contribution in [3.8, 4) is 0 Å². The number of anilines is 1.